The number of methoxy groups -OCH3 is 1. The molecule has 3 aromatic rings. The molecule has 0 aliphatic rings. The Labute approximate surface area is 132 Å². The molecule has 1 aromatic heterocycles. The maximum atomic E-state index is 13.6. The highest BCUT2D eigenvalue weighted by Gasteiger charge is 2.05. The Morgan fingerprint density at radius 2 is 1.87 bits per heavy atom. The second-order valence-corrected chi connectivity index (χ2v) is 5.27. The largest absolute Gasteiger partial charge is 0.497 e. The molecule has 0 aliphatic heterocycles. The van der Waals surface area contributed by atoms with Gasteiger partial charge in [-0.3, -0.25) is 4.79 Å². The van der Waals surface area contributed by atoms with Crippen LogP contribution in [-0.4, -0.2) is 12.1 Å². The van der Waals surface area contributed by atoms with Crippen molar-refractivity contribution in [3.8, 4) is 5.75 Å². The zero-order valence-electron chi connectivity index (χ0n) is 12.7. The van der Waals surface area contributed by atoms with Crippen LogP contribution in [0.25, 0.3) is 10.9 Å². The second-order valence-electron chi connectivity index (χ2n) is 5.27. The molecule has 0 bridgehead atoms. The molecule has 5 heteroatoms. The molecule has 3 rings (SSSR count). The van der Waals surface area contributed by atoms with E-state index in [2.05, 4.69) is 10.3 Å². The van der Waals surface area contributed by atoms with Gasteiger partial charge in [0, 0.05) is 30.3 Å². The number of aromatic nitrogens is 1. The zero-order chi connectivity index (χ0) is 16.2. The molecule has 0 saturated carbocycles. The van der Waals surface area contributed by atoms with Crippen LogP contribution in [0.1, 0.15) is 11.1 Å². The number of benzene rings is 2. The van der Waals surface area contributed by atoms with E-state index in [0.717, 1.165) is 10.9 Å². The first-order valence-corrected chi connectivity index (χ1v) is 7.31. The van der Waals surface area contributed by atoms with Crippen LogP contribution >= 0.6 is 0 Å². The lowest BCUT2D eigenvalue weighted by molar-refractivity contribution is 0.415. The first-order valence-electron chi connectivity index (χ1n) is 7.31. The Morgan fingerprint density at radius 3 is 2.65 bits per heavy atom. The standard InChI is InChI=1S/C18H17FN2O2/c1-23-15-7-6-12-8-14(18(22)21-17(12)9-15)11-20-10-13-4-2-3-5-16(13)19/h2-9,20H,10-11H2,1H3,(H,21,22). The highest BCUT2D eigenvalue weighted by Crippen LogP contribution is 2.18. The number of aromatic amines is 1. The summed E-state index contributed by atoms with van der Waals surface area (Å²) < 4.78 is 18.7. The van der Waals surface area contributed by atoms with E-state index in [4.69, 9.17) is 4.74 Å². The zero-order valence-corrected chi connectivity index (χ0v) is 12.7. The molecule has 118 valence electrons. The van der Waals surface area contributed by atoms with Gasteiger partial charge in [0.25, 0.3) is 5.56 Å². The lowest BCUT2D eigenvalue weighted by atomic mass is 10.1. The summed E-state index contributed by atoms with van der Waals surface area (Å²) in [4.78, 5) is 15.0. The van der Waals surface area contributed by atoms with Gasteiger partial charge in [-0.05, 0) is 29.7 Å². The first kappa shape index (κ1) is 15.2. The van der Waals surface area contributed by atoms with Gasteiger partial charge in [-0.2, -0.15) is 0 Å². The van der Waals surface area contributed by atoms with Crippen molar-refractivity contribution in [1.29, 1.82) is 0 Å². The van der Waals surface area contributed by atoms with Crippen LogP contribution in [0.5, 0.6) is 5.75 Å². The van der Waals surface area contributed by atoms with E-state index >= 15 is 0 Å². The fourth-order valence-electron chi connectivity index (χ4n) is 2.46. The van der Waals surface area contributed by atoms with Gasteiger partial charge in [-0.25, -0.2) is 4.39 Å². The Kier molecular flexibility index (Phi) is 4.39. The van der Waals surface area contributed by atoms with Crippen LogP contribution < -0.4 is 15.6 Å². The molecule has 0 saturated heterocycles. The predicted octanol–water partition coefficient (Wildman–Crippen LogP) is 2.97. The molecular formula is C18H17FN2O2. The van der Waals surface area contributed by atoms with Gasteiger partial charge in [0.05, 0.1) is 12.6 Å². The fourth-order valence-corrected chi connectivity index (χ4v) is 2.46. The molecule has 0 spiro atoms. The number of halogens is 1. The van der Waals surface area contributed by atoms with E-state index in [9.17, 15) is 9.18 Å². The molecule has 2 aromatic carbocycles. The maximum Gasteiger partial charge on any atom is 0.252 e. The number of hydrogen-bond donors (Lipinski definition) is 2. The minimum Gasteiger partial charge on any atom is -0.497 e. The lowest BCUT2D eigenvalue weighted by Crippen LogP contribution is -2.21. The summed E-state index contributed by atoms with van der Waals surface area (Å²) in [7, 11) is 1.58. The van der Waals surface area contributed by atoms with E-state index in [1.165, 1.54) is 6.07 Å². The molecule has 0 aliphatic carbocycles. The molecular weight excluding hydrogens is 295 g/mol. The van der Waals surface area contributed by atoms with Crippen molar-refractivity contribution in [2.45, 2.75) is 13.1 Å². The van der Waals surface area contributed by atoms with Crippen molar-refractivity contribution < 1.29 is 9.13 Å². The third-order valence-corrected chi connectivity index (χ3v) is 3.72. The first-order chi connectivity index (χ1) is 11.2. The van der Waals surface area contributed by atoms with Gasteiger partial charge < -0.3 is 15.0 Å². The van der Waals surface area contributed by atoms with Crippen molar-refractivity contribution >= 4 is 10.9 Å². The van der Waals surface area contributed by atoms with Crippen molar-refractivity contribution in [2.75, 3.05) is 7.11 Å². The third kappa shape index (κ3) is 3.40. The minimum absolute atomic E-state index is 0.160. The number of fused-ring (bicyclic) bond motifs is 1. The lowest BCUT2D eigenvalue weighted by Gasteiger charge is -2.07. The minimum atomic E-state index is -0.250. The molecule has 1 heterocycles. The van der Waals surface area contributed by atoms with Gasteiger partial charge in [-0.15, -0.1) is 0 Å². The van der Waals surface area contributed by atoms with E-state index in [0.29, 0.717) is 30.0 Å². The Morgan fingerprint density at radius 1 is 1.09 bits per heavy atom. The van der Waals surface area contributed by atoms with Crippen molar-refractivity contribution in [3.05, 3.63) is 75.8 Å². The summed E-state index contributed by atoms with van der Waals surface area (Å²) in [5, 5.41) is 4.03. The molecule has 0 radical (unpaired) electrons. The van der Waals surface area contributed by atoms with Crippen LogP contribution in [0.2, 0.25) is 0 Å². The molecule has 23 heavy (non-hydrogen) atoms. The average Bonchev–Trinajstić information content (AvgIpc) is 2.56. The Bertz CT molecular complexity index is 890. The van der Waals surface area contributed by atoms with Gasteiger partial charge in [0.2, 0.25) is 0 Å². The van der Waals surface area contributed by atoms with Gasteiger partial charge in [-0.1, -0.05) is 18.2 Å². The molecule has 0 amide bonds. The van der Waals surface area contributed by atoms with Crippen molar-refractivity contribution in [1.82, 2.24) is 10.3 Å². The second kappa shape index (κ2) is 6.62. The summed E-state index contributed by atoms with van der Waals surface area (Å²) in [6, 6.07) is 13.9. The SMILES string of the molecule is COc1ccc2cc(CNCc3ccccc3F)c(=O)[nH]c2c1. The number of ether oxygens (including phenoxy) is 1. The summed E-state index contributed by atoms with van der Waals surface area (Å²) in [5.74, 6) is 0.443. The van der Waals surface area contributed by atoms with Crippen molar-refractivity contribution in [3.63, 3.8) is 0 Å². The van der Waals surface area contributed by atoms with Gasteiger partial charge in [0.15, 0.2) is 0 Å². The van der Waals surface area contributed by atoms with E-state index in [-0.39, 0.29) is 11.4 Å². The number of hydrogen-bond acceptors (Lipinski definition) is 3. The summed E-state index contributed by atoms with van der Waals surface area (Å²) in [6.45, 7) is 0.735. The van der Waals surface area contributed by atoms with Crippen LogP contribution in [-0.2, 0) is 13.1 Å². The Balaban J connectivity index is 1.76. The van der Waals surface area contributed by atoms with Crippen LogP contribution in [0, 0.1) is 5.82 Å². The smallest absolute Gasteiger partial charge is 0.252 e. The highest BCUT2D eigenvalue weighted by molar-refractivity contribution is 5.80. The third-order valence-electron chi connectivity index (χ3n) is 3.72. The molecule has 0 fully saturated rings. The summed E-state index contributed by atoms with van der Waals surface area (Å²) in [6.07, 6.45) is 0. The molecule has 2 N–H and O–H groups in total. The monoisotopic (exact) mass is 312 g/mol. The number of H-pyrrole nitrogens is 1. The molecule has 0 unspecified atom stereocenters. The van der Waals surface area contributed by atoms with E-state index < -0.39 is 0 Å². The van der Waals surface area contributed by atoms with Gasteiger partial charge >= 0.3 is 0 Å². The molecule has 0 atom stereocenters. The maximum absolute atomic E-state index is 13.6. The van der Waals surface area contributed by atoms with Crippen LogP contribution in [0.4, 0.5) is 4.39 Å². The number of pyridine rings is 1. The van der Waals surface area contributed by atoms with Gasteiger partial charge in [0.1, 0.15) is 11.6 Å². The summed E-state index contributed by atoms with van der Waals surface area (Å²) in [5.41, 5.74) is 1.76. The summed E-state index contributed by atoms with van der Waals surface area (Å²) >= 11 is 0. The number of nitrogens with one attached hydrogen (secondary N) is 2. The van der Waals surface area contributed by atoms with Crippen LogP contribution in [0.3, 0.4) is 0 Å². The van der Waals surface area contributed by atoms with E-state index in [1.54, 1.807) is 31.4 Å². The fraction of sp³-hybridized carbons (Fsp3) is 0.167. The quantitative estimate of drug-likeness (QED) is 0.761. The normalized spacial score (nSPS) is 10.9. The Hall–Kier alpha value is -2.66. The topological polar surface area (TPSA) is 54.1 Å². The van der Waals surface area contributed by atoms with Crippen LogP contribution in [0.15, 0.2) is 53.3 Å². The number of rotatable bonds is 5. The average molecular weight is 312 g/mol. The predicted molar refractivity (Wildman–Crippen MR) is 88.1 cm³/mol. The highest BCUT2D eigenvalue weighted by atomic mass is 19.1. The van der Waals surface area contributed by atoms with Crippen molar-refractivity contribution in [2.24, 2.45) is 0 Å². The van der Waals surface area contributed by atoms with E-state index in [1.807, 2.05) is 18.2 Å². The molecule has 4 nitrogen and oxygen atoms in total.